The van der Waals surface area contributed by atoms with Crippen LogP contribution in [0.3, 0.4) is 0 Å². The van der Waals surface area contributed by atoms with Crippen LogP contribution in [-0.2, 0) is 9.53 Å². The minimum atomic E-state index is -0.0718. The lowest BCUT2D eigenvalue weighted by molar-refractivity contribution is -0.136. The van der Waals surface area contributed by atoms with E-state index < -0.39 is 0 Å². The quantitative estimate of drug-likeness (QED) is 0.661. The molecule has 2 heteroatoms. The largest absolute Gasteiger partial charge is 0.466 e. The van der Waals surface area contributed by atoms with Crippen molar-refractivity contribution in [3.05, 3.63) is 11.1 Å². The molecule has 18 heavy (non-hydrogen) atoms. The Labute approximate surface area is 110 Å². The van der Waals surface area contributed by atoms with Crippen LogP contribution < -0.4 is 0 Å². The summed E-state index contributed by atoms with van der Waals surface area (Å²) in [6, 6.07) is 0. The second-order valence-electron chi connectivity index (χ2n) is 7.02. The first-order valence-electron chi connectivity index (χ1n) is 7.26. The first kappa shape index (κ1) is 12.3. The van der Waals surface area contributed by atoms with Crippen molar-refractivity contribution in [1.82, 2.24) is 0 Å². The maximum absolute atomic E-state index is 12.0. The summed E-state index contributed by atoms with van der Waals surface area (Å²) in [5, 5.41) is 0. The van der Waals surface area contributed by atoms with Crippen LogP contribution in [0.2, 0.25) is 0 Å². The summed E-state index contributed by atoms with van der Waals surface area (Å²) >= 11 is 0. The topological polar surface area (TPSA) is 26.3 Å². The van der Waals surface area contributed by atoms with Crippen LogP contribution in [0, 0.1) is 22.7 Å². The molecule has 0 aliphatic heterocycles. The summed E-state index contributed by atoms with van der Waals surface area (Å²) in [6.07, 6.45) is 5.89. The molecule has 0 aromatic rings. The van der Waals surface area contributed by atoms with Crippen LogP contribution >= 0.6 is 0 Å². The SMILES string of the molecule is COC(=O)C1=C2C[C@H]3CC[C@@H](C)[C@]2(CC1)C3(C)C. The van der Waals surface area contributed by atoms with E-state index >= 15 is 0 Å². The normalized spacial score (nSPS) is 40.9. The van der Waals surface area contributed by atoms with Gasteiger partial charge in [0.1, 0.15) is 0 Å². The Kier molecular flexibility index (Phi) is 2.46. The Morgan fingerprint density at radius 1 is 1.33 bits per heavy atom. The fraction of sp³-hybridized carbons (Fsp3) is 0.812. The van der Waals surface area contributed by atoms with Crippen molar-refractivity contribution in [2.24, 2.45) is 22.7 Å². The highest BCUT2D eigenvalue weighted by atomic mass is 16.5. The molecule has 0 N–H and O–H groups in total. The molecule has 0 radical (unpaired) electrons. The lowest BCUT2D eigenvalue weighted by Crippen LogP contribution is -2.44. The van der Waals surface area contributed by atoms with Crippen molar-refractivity contribution in [1.29, 1.82) is 0 Å². The molecule has 2 bridgehead atoms. The van der Waals surface area contributed by atoms with E-state index in [-0.39, 0.29) is 5.97 Å². The van der Waals surface area contributed by atoms with Crippen LogP contribution in [-0.4, -0.2) is 13.1 Å². The number of methoxy groups -OCH3 is 1. The molecule has 2 fully saturated rings. The second kappa shape index (κ2) is 3.61. The highest BCUT2D eigenvalue weighted by Crippen LogP contribution is 2.72. The maximum atomic E-state index is 12.0. The summed E-state index contributed by atoms with van der Waals surface area (Å²) in [6.45, 7) is 7.25. The first-order chi connectivity index (χ1) is 8.45. The van der Waals surface area contributed by atoms with Gasteiger partial charge in [-0.25, -0.2) is 4.79 Å². The van der Waals surface area contributed by atoms with Crippen LogP contribution in [0.4, 0.5) is 0 Å². The zero-order chi connectivity index (χ0) is 13.1. The number of allylic oxidation sites excluding steroid dienone is 1. The smallest absolute Gasteiger partial charge is 0.333 e. The van der Waals surface area contributed by atoms with E-state index in [1.54, 1.807) is 0 Å². The molecule has 0 aromatic carbocycles. The highest BCUT2D eigenvalue weighted by Gasteiger charge is 2.64. The fourth-order valence-corrected chi connectivity index (χ4v) is 5.46. The summed E-state index contributed by atoms with van der Waals surface area (Å²) in [5.74, 6) is 1.41. The van der Waals surface area contributed by atoms with Crippen LogP contribution in [0.25, 0.3) is 0 Å². The molecule has 100 valence electrons. The van der Waals surface area contributed by atoms with E-state index in [1.807, 2.05) is 0 Å². The lowest BCUT2D eigenvalue weighted by Gasteiger charge is -2.51. The van der Waals surface area contributed by atoms with Crippen molar-refractivity contribution in [3.8, 4) is 0 Å². The van der Waals surface area contributed by atoms with E-state index in [0.717, 1.165) is 30.8 Å². The predicted octanol–water partition coefficient (Wildman–Crippen LogP) is 3.71. The monoisotopic (exact) mass is 248 g/mol. The van der Waals surface area contributed by atoms with E-state index in [4.69, 9.17) is 4.74 Å². The number of carbonyl (C=O) groups excluding carboxylic acids is 1. The van der Waals surface area contributed by atoms with Gasteiger partial charge >= 0.3 is 5.97 Å². The number of carbonyl (C=O) groups is 1. The van der Waals surface area contributed by atoms with Gasteiger partial charge in [0.05, 0.1) is 7.11 Å². The Morgan fingerprint density at radius 2 is 2.06 bits per heavy atom. The molecule has 3 atom stereocenters. The molecule has 3 rings (SSSR count). The molecular weight excluding hydrogens is 224 g/mol. The summed E-state index contributed by atoms with van der Waals surface area (Å²) in [7, 11) is 1.51. The van der Waals surface area contributed by atoms with Gasteiger partial charge in [0.25, 0.3) is 0 Å². The van der Waals surface area contributed by atoms with Crippen molar-refractivity contribution in [3.63, 3.8) is 0 Å². The molecular formula is C16H24O2. The van der Waals surface area contributed by atoms with Crippen LogP contribution in [0.15, 0.2) is 11.1 Å². The van der Waals surface area contributed by atoms with Gasteiger partial charge < -0.3 is 4.74 Å². The first-order valence-corrected chi connectivity index (χ1v) is 7.26. The number of ether oxygens (including phenoxy) is 1. The van der Waals surface area contributed by atoms with Crippen LogP contribution in [0.1, 0.15) is 52.9 Å². The van der Waals surface area contributed by atoms with Gasteiger partial charge in [0.15, 0.2) is 0 Å². The van der Waals surface area contributed by atoms with Crippen molar-refractivity contribution < 1.29 is 9.53 Å². The van der Waals surface area contributed by atoms with Gasteiger partial charge in [-0.1, -0.05) is 26.3 Å². The number of esters is 1. The van der Waals surface area contributed by atoms with Gasteiger partial charge in [-0.15, -0.1) is 0 Å². The van der Waals surface area contributed by atoms with Gasteiger partial charge in [0.2, 0.25) is 0 Å². The maximum Gasteiger partial charge on any atom is 0.333 e. The third kappa shape index (κ3) is 1.17. The minimum absolute atomic E-state index is 0.0718. The summed E-state index contributed by atoms with van der Waals surface area (Å²) < 4.78 is 4.99. The van der Waals surface area contributed by atoms with E-state index in [0.29, 0.717) is 16.7 Å². The number of hydrogen-bond acceptors (Lipinski definition) is 2. The molecule has 0 aromatic heterocycles. The Morgan fingerprint density at radius 3 is 2.72 bits per heavy atom. The van der Waals surface area contributed by atoms with Gasteiger partial charge in [-0.3, -0.25) is 0 Å². The molecule has 0 unspecified atom stereocenters. The van der Waals surface area contributed by atoms with Crippen LogP contribution in [0.5, 0.6) is 0 Å². The zero-order valence-corrected chi connectivity index (χ0v) is 12.0. The Bertz CT molecular complexity index is 432. The number of hydrogen-bond donors (Lipinski definition) is 0. The van der Waals surface area contributed by atoms with Gasteiger partial charge in [-0.2, -0.15) is 0 Å². The van der Waals surface area contributed by atoms with Gasteiger partial charge in [-0.05, 0) is 49.4 Å². The lowest BCUT2D eigenvalue weighted by atomic mass is 9.53. The fourth-order valence-electron chi connectivity index (χ4n) is 5.46. The average Bonchev–Trinajstić information content (AvgIpc) is 2.75. The average molecular weight is 248 g/mol. The van der Waals surface area contributed by atoms with Crippen molar-refractivity contribution >= 4 is 5.97 Å². The van der Waals surface area contributed by atoms with Crippen molar-refractivity contribution in [2.45, 2.75) is 52.9 Å². The second-order valence-corrected chi connectivity index (χ2v) is 7.02. The summed E-state index contributed by atoms with van der Waals surface area (Å²) in [4.78, 5) is 12.0. The number of rotatable bonds is 1. The highest BCUT2D eigenvalue weighted by molar-refractivity contribution is 5.90. The van der Waals surface area contributed by atoms with E-state index in [1.165, 1.54) is 25.5 Å². The third-order valence-corrected chi connectivity index (χ3v) is 6.51. The zero-order valence-electron chi connectivity index (χ0n) is 12.0. The molecule has 3 aliphatic rings. The molecule has 0 amide bonds. The Balaban J connectivity index is 2.15. The molecule has 0 saturated heterocycles. The molecule has 0 heterocycles. The molecule has 3 aliphatic carbocycles. The summed E-state index contributed by atoms with van der Waals surface area (Å²) in [5.41, 5.74) is 3.13. The Hall–Kier alpha value is -0.790. The predicted molar refractivity (Wildman–Crippen MR) is 71.0 cm³/mol. The van der Waals surface area contributed by atoms with E-state index in [9.17, 15) is 4.79 Å². The molecule has 2 nitrogen and oxygen atoms in total. The van der Waals surface area contributed by atoms with E-state index in [2.05, 4.69) is 20.8 Å². The third-order valence-electron chi connectivity index (χ3n) is 6.51. The minimum Gasteiger partial charge on any atom is -0.466 e. The number of fused-ring (bicyclic) bond motifs is 1. The van der Waals surface area contributed by atoms with Crippen molar-refractivity contribution in [2.75, 3.05) is 7.11 Å². The van der Waals surface area contributed by atoms with Gasteiger partial charge in [0, 0.05) is 11.0 Å². The molecule has 1 spiro atoms. The standard InChI is InChI=1S/C16H24O2/c1-10-5-6-11-9-13-12(14(17)18-4)7-8-16(10,13)15(11,2)3/h10-11H,5-9H2,1-4H3/t10-,11-,16+/m1/s1. The molecule has 2 saturated carbocycles.